The number of aromatic nitrogens is 1. The minimum Gasteiger partial charge on any atom is -0.378 e. The number of methoxy groups -OCH3 is 1. The number of ether oxygens (including phenoxy) is 1. The first kappa shape index (κ1) is 16.3. The molecule has 0 radical (unpaired) electrons. The molecular weight excluding hydrogens is 284 g/mol. The topological polar surface area (TPSA) is 51.2 Å². The Kier molecular flexibility index (Phi) is 4.94. The molecule has 0 aromatic carbocycles. The van der Waals surface area contributed by atoms with Crippen LogP contribution in [0.1, 0.15) is 32.8 Å². The lowest BCUT2D eigenvalue weighted by Crippen LogP contribution is -2.68. The molecule has 21 heavy (non-hydrogen) atoms. The third-order valence-corrected chi connectivity index (χ3v) is 5.87. The molecule has 0 spiro atoms. The summed E-state index contributed by atoms with van der Waals surface area (Å²) in [4.78, 5) is 16.0. The van der Waals surface area contributed by atoms with Crippen molar-refractivity contribution in [1.29, 1.82) is 0 Å². The van der Waals surface area contributed by atoms with Crippen molar-refractivity contribution < 1.29 is 9.53 Å². The van der Waals surface area contributed by atoms with Crippen LogP contribution in [0.5, 0.6) is 0 Å². The molecule has 0 unspecified atom stereocenters. The van der Waals surface area contributed by atoms with Crippen LogP contribution < -0.4 is 5.32 Å². The largest absolute Gasteiger partial charge is 0.378 e. The van der Waals surface area contributed by atoms with E-state index < -0.39 is 0 Å². The zero-order chi connectivity index (χ0) is 15.5. The summed E-state index contributed by atoms with van der Waals surface area (Å²) in [5.41, 5.74) is 1.02. The number of amides is 1. The van der Waals surface area contributed by atoms with E-state index in [-0.39, 0.29) is 23.0 Å². The van der Waals surface area contributed by atoms with Gasteiger partial charge in [-0.2, -0.15) is 0 Å². The Hall–Kier alpha value is -1.07. The second-order valence-electron chi connectivity index (χ2n) is 6.33. The van der Waals surface area contributed by atoms with E-state index in [1.54, 1.807) is 31.3 Å². The third kappa shape index (κ3) is 3.40. The average molecular weight is 308 g/mol. The highest BCUT2D eigenvalue weighted by molar-refractivity contribution is 7.99. The fraction of sp³-hybridized carbons (Fsp3) is 0.625. The van der Waals surface area contributed by atoms with Gasteiger partial charge in [-0.25, -0.2) is 0 Å². The highest BCUT2D eigenvalue weighted by Gasteiger charge is 2.58. The molecule has 1 fully saturated rings. The van der Waals surface area contributed by atoms with Crippen molar-refractivity contribution in [2.45, 2.75) is 44.6 Å². The number of hydrogen-bond donors (Lipinski definition) is 1. The van der Waals surface area contributed by atoms with E-state index >= 15 is 0 Å². The van der Waals surface area contributed by atoms with E-state index in [2.05, 4.69) is 31.1 Å². The summed E-state index contributed by atoms with van der Waals surface area (Å²) in [5.74, 6) is 1.42. The van der Waals surface area contributed by atoms with Gasteiger partial charge >= 0.3 is 0 Å². The van der Waals surface area contributed by atoms with Gasteiger partial charge < -0.3 is 10.1 Å². The zero-order valence-electron chi connectivity index (χ0n) is 13.2. The summed E-state index contributed by atoms with van der Waals surface area (Å²) >= 11 is 1.63. The zero-order valence-corrected chi connectivity index (χ0v) is 14.0. The predicted octanol–water partition coefficient (Wildman–Crippen LogP) is 2.63. The Morgan fingerprint density at radius 3 is 2.67 bits per heavy atom. The second-order valence-corrected chi connectivity index (χ2v) is 7.31. The van der Waals surface area contributed by atoms with Crippen molar-refractivity contribution in [3.05, 3.63) is 30.1 Å². The van der Waals surface area contributed by atoms with Crippen molar-refractivity contribution in [3.63, 3.8) is 0 Å². The smallest absolute Gasteiger partial charge is 0.230 e. The van der Waals surface area contributed by atoms with Crippen LogP contribution in [0.4, 0.5) is 0 Å². The van der Waals surface area contributed by atoms with Crippen LogP contribution in [0.2, 0.25) is 0 Å². The quantitative estimate of drug-likeness (QED) is 0.878. The number of carbonyl (C=O) groups excluding carboxylic acids is 1. The van der Waals surface area contributed by atoms with Crippen molar-refractivity contribution in [2.75, 3.05) is 12.9 Å². The van der Waals surface area contributed by atoms with E-state index in [0.29, 0.717) is 5.75 Å². The number of carbonyl (C=O) groups is 1. The predicted molar refractivity (Wildman–Crippen MR) is 86.1 cm³/mol. The molecule has 1 heterocycles. The fourth-order valence-corrected chi connectivity index (χ4v) is 3.50. The molecule has 1 aromatic heterocycles. The van der Waals surface area contributed by atoms with Crippen molar-refractivity contribution >= 4 is 17.7 Å². The molecule has 116 valence electrons. The lowest BCUT2D eigenvalue weighted by molar-refractivity contribution is -0.182. The molecule has 0 saturated heterocycles. The summed E-state index contributed by atoms with van der Waals surface area (Å²) < 4.78 is 5.58. The van der Waals surface area contributed by atoms with Gasteiger partial charge in [0.2, 0.25) is 5.91 Å². The van der Waals surface area contributed by atoms with Gasteiger partial charge in [0.25, 0.3) is 0 Å². The van der Waals surface area contributed by atoms with Gasteiger partial charge in [0, 0.05) is 36.7 Å². The van der Waals surface area contributed by atoms with Crippen LogP contribution in [-0.2, 0) is 15.3 Å². The van der Waals surface area contributed by atoms with Gasteiger partial charge in [-0.05, 0) is 31.0 Å². The lowest BCUT2D eigenvalue weighted by Gasteiger charge is -2.59. The molecule has 1 N–H and O–H groups in total. The minimum atomic E-state index is -0.144. The Labute approximate surface area is 131 Å². The molecule has 5 heteroatoms. The molecule has 2 rings (SSSR count). The number of nitrogens with one attached hydrogen (secondary N) is 1. The molecule has 0 bridgehead atoms. The normalized spacial score (nSPS) is 27.0. The van der Waals surface area contributed by atoms with Crippen LogP contribution in [0, 0.1) is 5.41 Å². The van der Waals surface area contributed by atoms with Gasteiger partial charge in [-0.15, -0.1) is 11.8 Å². The molecule has 1 aromatic rings. The van der Waals surface area contributed by atoms with Crippen molar-refractivity contribution in [3.8, 4) is 0 Å². The second kappa shape index (κ2) is 6.36. The maximum Gasteiger partial charge on any atom is 0.230 e. The van der Waals surface area contributed by atoms with Crippen LogP contribution >= 0.6 is 11.8 Å². The Morgan fingerprint density at radius 2 is 2.10 bits per heavy atom. The summed E-state index contributed by atoms with van der Waals surface area (Å²) in [7, 11) is 1.74. The number of rotatable bonds is 6. The monoisotopic (exact) mass is 308 g/mol. The van der Waals surface area contributed by atoms with E-state index in [4.69, 9.17) is 4.74 Å². The van der Waals surface area contributed by atoms with Gasteiger partial charge in [0.05, 0.1) is 11.4 Å². The first-order valence-corrected chi connectivity index (χ1v) is 8.36. The third-order valence-electron chi connectivity index (χ3n) is 4.86. The highest BCUT2D eigenvalue weighted by atomic mass is 32.2. The number of nitrogens with zero attached hydrogens (tertiary/aromatic N) is 1. The SMILES string of the molecule is CO[C@]1(C)C[C@H](NC(=O)CSCc2ccncc2)C1(C)C. The van der Waals surface area contributed by atoms with Gasteiger partial charge in [0.1, 0.15) is 0 Å². The molecule has 4 nitrogen and oxygen atoms in total. The molecular formula is C16H24N2O2S. The van der Waals surface area contributed by atoms with Gasteiger partial charge in [-0.1, -0.05) is 13.8 Å². The first-order chi connectivity index (χ1) is 9.89. The summed E-state index contributed by atoms with van der Waals surface area (Å²) in [5, 5.41) is 3.13. The van der Waals surface area contributed by atoms with Crippen molar-refractivity contribution in [2.24, 2.45) is 5.41 Å². The average Bonchev–Trinajstić information content (AvgIpc) is 2.47. The van der Waals surface area contributed by atoms with Gasteiger partial charge in [0.15, 0.2) is 0 Å². The number of hydrogen-bond acceptors (Lipinski definition) is 4. The first-order valence-electron chi connectivity index (χ1n) is 7.20. The molecule has 1 aliphatic carbocycles. The molecule has 1 amide bonds. The Balaban J connectivity index is 1.74. The fourth-order valence-electron chi connectivity index (χ4n) is 2.70. The van der Waals surface area contributed by atoms with E-state index in [0.717, 1.165) is 12.2 Å². The lowest BCUT2D eigenvalue weighted by atomic mass is 9.56. The van der Waals surface area contributed by atoms with Crippen LogP contribution in [0.25, 0.3) is 0 Å². The van der Waals surface area contributed by atoms with Crippen LogP contribution in [0.3, 0.4) is 0 Å². The van der Waals surface area contributed by atoms with Gasteiger partial charge in [-0.3, -0.25) is 9.78 Å². The minimum absolute atomic E-state index is 0.0345. The standard InChI is InChI=1S/C16H24N2O2S/c1-15(2)13(9-16(15,3)20-4)18-14(19)11-21-10-12-5-7-17-8-6-12/h5-8,13H,9-11H2,1-4H3,(H,18,19)/t13-,16+/m0/s1. The highest BCUT2D eigenvalue weighted by Crippen LogP contribution is 2.51. The maximum atomic E-state index is 12.0. The van der Waals surface area contributed by atoms with Crippen LogP contribution in [-0.4, -0.2) is 35.4 Å². The molecule has 2 atom stereocenters. The number of thioether (sulfide) groups is 1. The van der Waals surface area contributed by atoms with Crippen LogP contribution in [0.15, 0.2) is 24.5 Å². The maximum absolute atomic E-state index is 12.0. The summed E-state index contributed by atoms with van der Waals surface area (Å²) in [6.07, 6.45) is 4.42. The summed E-state index contributed by atoms with van der Waals surface area (Å²) in [6, 6.07) is 4.14. The van der Waals surface area contributed by atoms with E-state index in [9.17, 15) is 4.79 Å². The molecule has 1 saturated carbocycles. The van der Waals surface area contributed by atoms with E-state index in [1.165, 1.54) is 5.56 Å². The summed E-state index contributed by atoms with van der Waals surface area (Å²) in [6.45, 7) is 6.40. The molecule has 1 aliphatic rings. The Morgan fingerprint density at radius 1 is 1.43 bits per heavy atom. The van der Waals surface area contributed by atoms with E-state index in [1.807, 2.05) is 12.1 Å². The number of pyridine rings is 1. The Bertz CT molecular complexity index is 492. The molecule has 0 aliphatic heterocycles. The van der Waals surface area contributed by atoms with Crippen molar-refractivity contribution in [1.82, 2.24) is 10.3 Å².